The summed E-state index contributed by atoms with van der Waals surface area (Å²) in [4.78, 5) is 38.5. The van der Waals surface area contributed by atoms with Crippen molar-refractivity contribution in [1.29, 1.82) is 5.26 Å². The monoisotopic (exact) mass is 509 g/mol. The summed E-state index contributed by atoms with van der Waals surface area (Å²) in [7, 11) is 0. The number of nitriles is 1. The number of benzene rings is 1. The van der Waals surface area contributed by atoms with Crippen LogP contribution in [0.15, 0.2) is 61.5 Å². The zero-order chi connectivity index (χ0) is 24.9. The predicted molar refractivity (Wildman–Crippen MR) is 127 cm³/mol. The molecule has 5 aromatic rings. The van der Waals surface area contributed by atoms with Crippen molar-refractivity contribution in [2.45, 2.75) is 13.5 Å². The molecule has 11 nitrogen and oxygen atoms in total. The molecule has 0 spiro atoms. The van der Waals surface area contributed by atoms with E-state index in [-0.39, 0.29) is 27.8 Å². The van der Waals surface area contributed by atoms with Crippen LogP contribution < -0.4 is 16.8 Å². The maximum absolute atomic E-state index is 12.6. The number of nitrogens with zero attached hydrogens (tertiary/aromatic N) is 6. The van der Waals surface area contributed by atoms with Crippen LogP contribution in [0.4, 0.5) is 0 Å². The Morgan fingerprint density at radius 2 is 1.83 bits per heavy atom. The molecule has 0 unspecified atom stereocenters. The fourth-order valence-electron chi connectivity index (χ4n) is 3.75. The number of aromatic nitrogens is 6. The van der Waals surface area contributed by atoms with Crippen molar-refractivity contribution in [3.63, 3.8) is 0 Å². The number of aryl methyl sites for hydroxylation is 1. The van der Waals surface area contributed by atoms with Crippen molar-refractivity contribution in [2.75, 3.05) is 0 Å². The molecule has 0 aliphatic carbocycles. The molecule has 4 heterocycles. The van der Waals surface area contributed by atoms with E-state index in [1.54, 1.807) is 46.5 Å². The molecule has 35 heavy (non-hydrogen) atoms. The molecule has 0 saturated carbocycles. The number of pyridine rings is 1. The van der Waals surface area contributed by atoms with Gasteiger partial charge in [-0.25, -0.2) is 4.79 Å². The Bertz CT molecular complexity index is 1830. The molecule has 1 aromatic carbocycles. The van der Waals surface area contributed by atoms with Gasteiger partial charge >= 0.3 is 5.69 Å². The lowest BCUT2D eigenvalue weighted by atomic mass is 10.2. The summed E-state index contributed by atoms with van der Waals surface area (Å²) in [6.45, 7) is 1.97. The molecule has 0 bridgehead atoms. The molecule has 174 valence electrons. The van der Waals surface area contributed by atoms with Crippen LogP contribution in [0.2, 0.25) is 10.0 Å². The number of aromatic amines is 1. The van der Waals surface area contributed by atoms with E-state index in [9.17, 15) is 14.4 Å². The number of H-pyrrole nitrogens is 1. The second-order valence-corrected chi connectivity index (χ2v) is 8.35. The number of halogens is 2. The van der Waals surface area contributed by atoms with Crippen LogP contribution in [0, 0.1) is 18.3 Å². The molecule has 13 heteroatoms. The van der Waals surface area contributed by atoms with Gasteiger partial charge in [-0.1, -0.05) is 28.4 Å². The van der Waals surface area contributed by atoms with E-state index in [4.69, 9.17) is 33.0 Å². The third-order valence-corrected chi connectivity index (χ3v) is 5.84. The quantitative estimate of drug-likeness (QED) is 0.391. The summed E-state index contributed by atoms with van der Waals surface area (Å²) in [5.74, 6) is 0.634. The maximum atomic E-state index is 12.6. The van der Waals surface area contributed by atoms with Crippen molar-refractivity contribution >= 4 is 34.2 Å². The maximum Gasteiger partial charge on any atom is 0.349 e. The Hall–Kier alpha value is -4.40. The molecule has 5 rings (SSSR count). The Labute approximate surface area is 205 Å². The first-order valence-corrected chi connectivity index (χ1v) is 10.8. The van der Waals surface area contributed by atoms with Gasteiger partial charge in [-0.05, 0) is 31.2 Å². The van der Waals surface area contributed by atoms with E-state index >= 15 is 0 Å². The highest BCUT2D eigenvalue weighted by Gasteiger charge is 2.17. The second-order valence-electron chi connectivity index (χ2n) is 7.53. The van der Waals surface area contributed by atoms with Gasteiger partial charge in [0, 0.05) is 18.3 Å². The van der Waals surface area contributed by atoms with Gasteiger partial charge in [-0.2, -0.15) is 9.94 Å². The number of nitrogens with one attached hydrogen (secondary N) is 1. The number of rotatable bonds is 4. The second kappa shape index (κ2) is 8.43. The van der Waals surface area contributed by atoms with Gasteiger partial charge < -0.3 is 13.7 Å². The van der Waals surface area contributed by atoms with E-state index in [1.165, 1.54) is 18.2 Å². The molecule has 0 saturated heterocycles. The summed E-state index contributed by atoms with van der Waals surface area (Å²) in [6, 6.07) is 11.0. The van der Waals surface area contributed by atoms with Crippen molar-refractivity contribution < 1.29 is 4.52 Å². The van der Waals surface area contributed by atoms with Gasteiger partial charge in [-0.15, -0.1) is 5.10 Å². The Morgan fingerprint density at radius 3 is 2.49 bits per heavy atom. The average Bonchev–Trinajstić information content (AvgIpc) is 3.41. The van der Waals surface area contributed by atoms with Crippen LogP contribution in [0.25, 0.3) is 22.4 Å². The smallest absolute Gasteiger partial charge is 0.349 e. The lowest BCUT2D eigenvalue weighted by Gasteiger charge is -2.13. The predicted octanol–water partition coefficient (Wildman–Crippen LogP) is 2.55. The largest absolute Gasteiger partial charge is 0.361 e. The number of hydrogen-bond acceptors (Lipinski definition) is 7. The first kappa shape index (κ1) is 22.4. The zero-order valence-corrected chi connectivity index (χ0v) is 19.3. The van der Waals surface area contributed by atoms with Crippen LogP contribution in [0.1, 0.15) is 17.1 Å². The van der Waals surface area contributed by atoms with Gasteiger partial charge in [0.1, 0.15) is 17.5 Å². The van der Waals surface area contributed by atoms with Crippen LogP contribution in [-0.2, 0) is 6.54 Å². The van der Waals surface area contributed by atoms with Gasteiger partial charge in [0.05, 0.1) is 39.0 Å². The van der Waals surface area contributed by atoms with Gasteiger partial charge in [-0.3, -0.25) is 14.6 Å². The molecule has 0 radical (unpaired) electrons. The summed E-state index contributed by atoms with van der Waals surface area (Å²) in [5.41, 5.74) is -0.0536. The highest BCUT2D eigenvalue weighted by Crippen LogP contribution is 2.33. The van der Waals surface area contributed by atoms with Crippen molar-refractivity contribution in [3.05, 3.63) is 101 Å². The Kier molecular flexibility index (Phi) is 5.39. The molecule has 0 aliphatic heterocycles. The fourth-order valence-corrected chi connectivity index (χ4v) is 4.41. The summed E-state index contributed by atoms with van der Waals surface area (Å²) in [6.07, 6.45) is 1.71. The van der Waals surface area contributed by atoms with Crippen molar-refractivity contribution in [3.8, 4) is 17.4 Å². The Morgan fingerprint density at radius 1 is 1.09 bits per heavy atom. The molecule has 0 fully saturated rings. The third kappa shape index (κ3) is 3.84. The van der Waals surface area contributed by atoms with Crippen molar-refractivity contribution in [2.24, 2.45) is 0 Å². The molecule has 4 aromatic heterocycles. The SMILES string of the molecule is Cc1cc(Cn2c(=O)ccc3c2ccn3-c2c(Cl)cc(-n3nc(C#N)c(=O)[nH]c3=O)cc2Cl)no1. The first-order chi connectivity index (χ1) is 16.8. The number of fused-ring (bicyclic) bond motifs is 1. The van der Waals surface area contributed by atoms with E-state index in [0.29, 0.717) is 28.2 Å². The third-order valence-electron chi connectivity index (χ3n) is 5.26. The van der Waals surface area contributed by atoms with Crippen LogP contribution in [0.3, 0.4) is 0 Å². The van der Waals surface area contributed by atoms with Gasteiger partial charge in [0.15, 0.2) is 0 Å². The average molecular weight is 510 g/mol. The van der Waals surface area contributed by atoms with E-state index < -0.39 is 16.9 Å². The first-order valence-electron chi connectivity index (χ1n) is 10.0. The van der Waals surface area contributed by atoms with Crippen LogP contribution in [-0.4, -0.2) is 29.1 Å². The standard InChI is InChI=1S/C22H13Cl2N7O4/c1-11-6-12(28-35-11)10-30-18-4-5-29(17(18)2-3-19(30)32)20-14(23)7-13(8-15(20)24)31-22(34)26-21(33)16(9-25)27-31/h2-8H,10H2,1H3,(H,26,33,34). The van der Waals surface area contributed by atoms with E-state index in [0.717, 1.165) is 4.68 Å². The molecular weight excluding hydrogens is 497 g/mol. The molecule has 0 atom stereocenters. The molecule has 1 N–H and O–H groups in total. The molecule has 0 aliphatic rings. The van der Waals surface area contributed by atoms with Crippen LogP contribution >= 0.6 is 23.2 Å². The Balaban J connectivity index is 1.64. The highest BCUT2D eigenvalue weighted by atomic mass is 35.5. The van der Waals surface area contributed by atoms with E-state index in [2.05, 4.69) is 10.3 Å². The zero-order valence-electron chi connectivity index (χ0n) is 17.8. The molecule has 0 amide bonds. The number of hydrogen-bond donors (Lipinski definition) is 1. The minimum atomic E-state index is -0.895. The van der Waals surface area contributed by atoms with Gasteiger partial charge in [0.2, 0.25) is 5.69 Å². The topological polar surface area (TPSA) is 144 Å². The van der Waals surface area contributed by atoms with Gasteiger partial charge in [0.25, 0.3) is 11.1 Å². The summed E-state index contributed by atoms with van der Waals surface area (Å²) in [5, 5.41) is 17.1. The minimum Gasteiger partial charge on any atom is -0.361 e. The van der Waals surface area contributed by atoms with Crippen molar-refractivity contribution in [1.82, 2.24) is 29.1 Å². The highest BCUT2D eigenvalue weighted by molar-refractivity contribution is 6.38. The normalized spacial score (nSPS) is 11.1. The van der Waals surface area contributed by atoms with Crippen LogP contribution in [0.5, 0.6) is 0 Å². The summed E-state index contributed by atoms with van der Waals surface area (Å²) >= 11 is 13.1. The fraction of sp³-hybridized carbons (Fsp3) is 0.0909. The lowest BCUT2D eigenvalue weighted by molar-refractivity contribution is 0.389. The molecular formula is C22H13Cl2N7O4. The van der Waals surface area contributed by atoms with E-state index in [1.807, 2.05) is 4.98 Å². The summed E-state index contributed by atoms with van der Waals surface area (Å²) < 4.78 is 9.18. The lowest BCUT2D eigenvalue weighted by Crippen LogP contribution is -2.33. The minimum absolute atomic E-state index is 0.149.